The maximum atomic E-state index is 13.5. The van der Waals surface area contributed by atoms with Gasteiger partial charge in [0.2, 0.25) is 6.41 Å². The van der Waals surface area contributed by atoms with E-state index in [1.165, 1.54) is 16.0 Å². The summed E-state index contributed by atoms with van der Waals surface area (Å²) in [6.45, 7) is 3.68. The standard InChI is InChI=1S/C30H34F3N5O4/c1-4-36(20-40)27(19-39)34-35(3)25-15-24-11-13-38(29(24)26(16-25)42-21(2)30(31,32)33)18-23-10-12-37(28(41)14-23)17-22-8-6-5-7-9-22/h5-10,12,14-16,20-21,39H,4,11,13,17-19H2,1-3H3/b34-27-. The molecule has 1 aliphatic rings. The first kappa shape index (κ1) is 30.6. The molecule has 9 nitrogen and oxygen atoms in total. The number of aliphatic hydroxyl groups is 1. The number of rotatable bonds is 11. The minimum atomic E-state index is -4.59. The first-order valence-corrected chi connectivity index (χ1v) is 13.6. The van der Waals surface area contributed by atoms with Crippen molar-refractivity contribution in [2.75, 3.05) is 36.7 Å². The average Bonchev–Trinajstić information content (AvgIpc) is 3.37. The van der Waals surface area contributed by atoms with Crippen molar-refractivity contribution in [3.63, 3.8) is 0 Å². The van der Waals surface area contributed by atoms with E-state index in [1.807, 2.05) is 41.3 Å². The summed E-state index contributed by atoms with van der Waals surface area (Å²) in [7, 11) is 1.57. The van der Waals surface area contributed by atoms with Crippen LogP contribution in [0.1, 0.15) is 30.5 Å². The number of pyridine rings is 1. The third kappa shape index (κ3) is 7.11. The van der Waals surface area contributed by atoms with Crippen molar-refractivity contribution in [3.8, 4) is 5.75 Å². The van der Waals surface area contributed by atoms with Crippen LogP contribution in [0.2, 0.25) is 0 Å². The molecule has 1 N–H and O–H groups in total. The van der Waals surface area contributed by atoms with Crippen LogP contribution in [0, 0.1) is 0 Å². The van der Waals surface area contributed by atoms with Gasteiger partial charge in [-0.1, -0.05) is 30.3 Å². The summed E-state index contributed by atoms with van der Waals surface area (Å²) in [4.78, 5) is 27.3. The highest BCUT2D eigenvalue weighted by Gasteiger charge is 2.39. The van der Waals surface area contributed by atoms with Crippen LogP contribution in [0.3, 0.4) is 0 Å². The molecule has 0 radical (unpaired) electrons. The van der Waals surface area contributed by atoms with Gasteiger partial charge in [0.1, 0.15) is 12.4 Å². The Hall–Kier alpha value is -4.32. The smallest absolute Gasteiger partial charge is 0.425 e. The number of anilines is 2. The zero-order valence-electron chi connectivity index (χ0n) is 23.7. The summed E-state index contributed by atoms with van der Waals surface area (Å²) >= 11 is 0. The first-order valence-electron chi connectivity index (χ1n) is 13.6. The molecule has 0 saturated carbocycles. The number of aliphatic hydroxyl groups excluding tert-OH is 1. The normalized spacial score (nSPS) is 14.0. The van der Waals surface area contributed by atoms with Gasteiger partial charge in [-0.25, -0.2) is 0 Å². The van der Waals surface area contributed by atoms with E-state index in [0.717, 1.165) is 23.6 Å². The zero-order valence-corrected chi connectivity index (χ0v) is 23.7. The van der Waals surface area contributed by atoms with Gasteiger partial charge in [-0.05, 0) is 49.1 Å². The molecule has 2 aromatic carbocycles. The van der Waals surface area contributed by atoms with Crippen LogP contribution in [0.5, 0.6) is 5.75 Å². The highest BCUT2D eigenvalue weighted by molar-refractivity contribution is 5.92. The SMILES string of the molecule is CCN(C=O)/C(CO)=N\N(C)c1cc2c(c(OC(C)C(F)(F)F)c1)N(Cc1ccn(Cc3ccccc3)c(=O)c1)CC2. The Labute approximate surface area is 242 Å². The number of carbonyl (C=O) groups is 1. The van der Waals surface area contributed by atoms with Crippen LogP contribution in [-0.2, 0) is 24.3 Å². The second-order valence-corrected chi connectivity index (χ2v) is 10.0. The second kappa shape index (κ2) is 13.1. The molecule has 2 heterocycles. The topological polar surface area (TPSA) is 90.6 Å². The van der Waals surface area contributed by atoms with Crippen LogP contribution >= 0.6 is 0 Å². The molecule has 3 aromatic rings. The van der Waals surface area contributed by atoms with E-state index in [0.29, 0.717) is 43.8 Å². The van der Waals surface area contributed by atoms with E-state index in [1.54, 1.807) is 36.9 Å². The van der Waals surface area contributed by atoms with Gasteiger partial charge in [-0.2, -0.15) is 18.3 Å². The molecule has 1 aromatic heterocycles. The number of fused-ring (bicyclic) bond motifs is 1. The quantitative estimate of drug-likeness (QED) is 0.158. The Morgan fingerprint density at radius 2 is 1.88 bits per heavy atom. The molecule has 12 heteroatoms. The number of carbonyl (C=O) groups excluding carboxylic acids is 1. The van der Waals surface area contributed by atoms with E-state index in [9.17, 15) is 27.9 Å². The number of hydrazone groups is 1. The lowest BCUT2D eigenvalue weighted by atomic mass is 10.1. The Kier molecular flexibility index (Phi) is 9.56. The number of ether oxygens (including phenoxy) is 1. The number of aromatic nitrogens is 1. The lowest BCUT2D eigenvalue weighted by Crippen LogP contribution is -2.34. The van der Waals surface area contributed by atoms with E-state index in [4.69, 9.17) is 4.74 Å². The van der Waals surface area contributed by atoms with E-state index in [2.05, 4.69) is 5.10 Å². The van der Waals surface area contributed by atoms with Crippen LogP contribution < -0.4 is 20.2 Å². The molecular formula is C30H34F3N5O4. The predicted octanol–water partition coefficient (Wildman–Crippen LogP) is 4.01. The van der Waals surface area contributed by atoms with Gasteiger partial charge >= 0.3 is 6.18 Å². The maximum Gasteiger partial charge on any atom is 0.425 e. The van der Waals surface area contributed by atoms with Crippen LogP contribution in [0.15, 0.2) is 70.7 Å². The summed E-state index contributed by atoms with van der Waals surface area (Å²) in [5.74, 6) is 0.114. The largest absolute Gasteiger partial charge is 0.479 e. The van der Waals surface area contributed by atoms with Gasteiger partial charge in [0.05, 0.1) is 17.9 Å². The summed E-state index contributed by atoms with van der Waals surface area (Å²) in [6.07, 6.45) is -3.87. The number of halogens is 3. The molecule has 1 atom stereocenters. The summed E-state index contributed by atoms with van der Waals surface area (Å²) in [5.41, 5.74) is 3.24. The fourth-order valence-electron chi connectivity index (χ4n) is 4.77. The van der Waals surface area contributed by atoms with Gasteiger partial charge in [0.15, 0.2) is 11.9 Å². The zero-order chi connectivity index (χ0) is 30.4. The Morgan fingerprint density at radius 1 is 1.14 bits per heavy atom. The third-order valence-electron chi connectivity index (χ3n) is 7.08. The highest BCUT2D eigenvalue weighted by atomic mass is 19.4. The van der Waals surface area contributed by atoms with Crippen molar-refractivity contribution < 1.29 is 27.8 Å². The molecule has 0 fully saturated rings. The van der Waals surface area contributed by atoms with E-state index >= 15 is 0 Å². The van der Waals surface area contributed by atoms with Crippen molar-refractivity contribution in [2.45, 2.75) is 45.6 Å². The van der Waals surface area contributed by atoms with Crippen molar-refractivity contribution in [1.82, 2.24) is 9.47 Å². The van der Waals surface area contributed by atoms with E-state index < -0.39 is 18.9 Å². The number of hydrogen-bond donors (Lipinski definition) is 1. The highest BCUT2D eigenvalue weighted by Crippen LogP contribution is 2.43. The number of hydrogen-bond acceptors (Lipinski definition) is 7. The molecule has 4 rings (SSSR count). The third-order valence-corrected chi connectivity index (χ3v) is 7.08. The fourth-order valence-corrected chi connectivity index (χ4v) is 4.77. The van der Waals surface area contributed by atoms with Gasteiger partial charge in [-0.3, -0.25) is 19.5 Å². The lowest BCUT2D eigenvalue weighted by molar-refractivity contribution is -0.189. The number of alkyl halides is 3. The van der Waals surface area contributed by atoms with Crippen LogP contribution in [0.4, 0.5) is 24.5 Å². The van der Waals surface area contributed by atoms with Gasteiger partial charge in [0, 0.05) is 45.0 Å². The van der Waals surface area contributed by atoms with Crippen molar-refractivity contribution in [2.24, 2.45) is 5.10 Å². The maximum absolute atomic E-state index is 13.5. The Bertz CT molecular complexity index is 1480. The van der Waals surface area contributed by atoms with Gasteiger partial charge < -0.3 is 19.3 Å². The van der Waals surface area contributed by atoms with Crippen molar-refractivity contribution >= 4 is 23.6 Å². The minimum absolute atomic E-state index is 0.0255. The summed E-state index contributed by atoms with van der Waals surface area (Å²) in [5, 5.41) is 15.4. The molecule has 1 amide bonds. The van der Waals surface area contributed by atoms with Gasteiger partial charge in [0.25, 0.3) is 5.56 Å². The number of amides is 1. The molecule has 1 unspecified atom stereocenters. The molecule has 224 valence electrons. The Balaban J connectivity index is 1.65. The number of benzene rings is 2. The minimum Gasteiger partial charge on any atom is -0.479 e. The lowest BCUT2D eigenvalue weighted by Gasteiger charge is -2.27. The van der Waals surface area contributed by atoms with Gasteiger partial charge in [-0.15, -0.1) is 0 Å². The molecular weight excluding hydrogens is 551 g/mol. The van der Waals surface area contributed by atoms with Crippen LogP contribution in [-0.4, -0.2) is 65.8 Å². The van der Waals surface area contributed by atoms with Crippen molar-refractivity contribution in [3.05, 3.63) is 87.8 Å². The summed E-state index contributed by atoms with van der Waals surface area (Å²) < 4.78 is 47.7. The molecule has 1 aliphatic heterocycles. The number of nitrogens with zero attached hydrogens (tertiary/aromatic N) is 5. The number of likely N-dealkylation sites (N-methyl/N-ethyl adjacent to an activating group) is 1. The molecule has 0 spiro atoms. The van der Waals surface area contributed by atoms with E-state index in [-0.39, 0.29) is 23.7 Å². The molecule has 0 bridgehead atoms. The second-order valence-electron chi connectivity index (χ2n) is 10.0. The molecule has 0 saturated heterocycles. The molecule has 0 aliphatic carbocycles. The summed E-state index contributed by atoms with van der Waals surface area (Å²) in [6, 6.07) is 16.2. The number of amidine groups is 1. The Morgan fingerprint density at radius 3 is 2.50 bits per heavy atom. The fraction of sp³-hybridized carbons (Fsp3) is 0.367. The first-order chi connectivity index (χ1) is 20.0. The predicted molar refractivity (Wildman–Crippen MR) is 155 cm³/mol. The average molecular weight is 586 g/mol. The monoisotopic (exact) mass is 585 g/mol. The van der Waals surface area contributed by atoms with Crippen LogP contribution in [0.25, 0.3) is 0 Å². The molecule has 42 heavy (non-hydrogen) atoms. The van der Waals surface area contributed by atoms with Crippen molar-refractivity contribution in [1.29, 1.82) is 0 Å².